The van der Waals surface area contributed by atoms with Crippen LogP contribution in [-0.4, -0.2) is 29.2 Å². The number of anilines is 1. The van der Waals surface area contributed by atoms with Gasteiger partial charge in [-0.15, -0.1) is 0 Å². The first-order chi connectivity index (χ1) is 15.7. The van der Waals surface area contributed by atoms with Gasteiger partial charge in [0.15, 0.2) is 0 Å². The number of imide groups is 1. The van der Waals surface area contributed by atoms with Gasteiger partial charge in [-0.1, -0.05) is 0 Å². The second-order valence-corrected chi connectivity index (χ2v) is 7.94. The summed E-state index contributed by atoms with van der Waals surface area (Å²) in [6, 6.07) is 10.9. The number of nitrogens with zero attached hydrogens (tertiary/aromatic N) is 2. The predicted molar refractivity (Wildman–Crippen MR) is 111 cm³/mol. The highest BCUT2D eigenvalue weighted by Gasteiger charge is 2.37. The van der Waals surface area contributed by atoms with E-state index in [-0.39, 0.29) is 23.2 Å². The van der Waals surface area contributed by atoms with Crippen LogP contribution in [0.25, 0.3) is 0 Å². The second-order valence-electron chi connectivity index (χ2n) is 7.94. The molecule has 2 aliphatic heterocycles. The maximum Gasteiger partial charge on any atom is 0.416 e. The van der Waals surface area contributed by atoms with E-state index in [9.17, 15) is 27.6 Å². The molecule has 6 nitrogen and oxygen atoms in total. The zero-order valence-corrected chi connectivity index (χ0v) is 17.2. The molecule has 0 aliphatic carbocycles. The number of alkyl halides is 3. The standard InChI is InChI=1S/C24H17F3N2O4/c25-24(26,27)16-6-8-20-14(11-16)3-1-9-28(20)21(30)15-5-7-18-19(12-15)23(32)29(22(18)31)13-17-4-2-10-33-17/h2,4-8,10-12H,1,3,9,13H2. The smallest absolute Gasteiger partial charge is 0.416 e. The summed E-state index contributed by atoms with van der Waals surface area (Å²) in [7, 11) is 0. The fraction of sp³-hybridized carbons (Fsp3) is 0.208. The summed E-state index contributed by atoms with van der Waals surface area (Å²) in [5.41, 5.74) is 0.596. The first kappa shape index (κ1) is 21.0. The maximum atomic E-state index is 13.2. The summed E-state index contributed by atoms with van der Waals surface area (Å²) in [5.74, 6) is -1.00. The number of rotatable bonds is 3. The van der Waals surface area contributed by atoms with Gasteiger partial charge in [0.1, 0.15) is 5.76 Å². The lowest BCUT2D eigenvalue weighted by Crippen LogP contribution is -2.35. The highest BCUT2D eigenvalue weighted by molar-refractivity contribution is 6.22. The van der Waals surface area contributed by atoms with E-state index in [1.807, 2.05) is 0 Å². The van der Waals surface area contributed by atoms with Crippen LogP contribution in [0.1, 0.15) is 54.4 Å². The van der Waals surface area contributed by atoms with Crippen LogP contribution in [0.2, 0.25) is 0 Å². The topological polar surface area (TPSA) is 70.8 Å². The number of carbonyl (C=O) groups is 3. The number of carbonyl (C=O) groups excluding carboxylic acids is 3. The summed E-state index contributed by atoms with van der Waals surface area (Å²) in [6.45, 7) is 0.315. The van der Waals surface area contributed by atoms with Crippen LogP contribution in [-0.2, 0) is 19.1 Å². The molecule has 0 spiro atoms. The average molecular weight is 454 g/mol. The minimum absolute atomic E-state index is 0.0241. The summed E-state index contributed by atoms with van der Waals surface area (Å²) < 4.78 is 44.4. The molecule has 2 aromatic carbocycles. The lowest BCUT2D eigenvalue weighted by molar-refractivity contribution is -0.137. The van der Waals surface area contributed by atoms with Crippen LogP contribution < -0.4 is 4.90 Å². The van der Waals surface area contributed by atoms with Gasteiger partial charge in [0.05, 0.1) is 29.5 Å². The van der Waals surface area contributed by atoms with Crippen molar-refractivity contribution >= 4 is 23.4 Å². The van der Waals surface area contributed by atoms with Crippen LogP contribution in [0.3, 0.4) is 0 Å². The molecule has 0 saturated heterocycles. The normalized spacial score (nSPS) is 15.6. The van der Waals surface area contributed by atoms with Crippen molar-refractivity contribution in [3.8, 4) is 0 Å². The van der Waals surface area contributed by atoms with E-state index in [1.54, 1.807) is 12.1 Å². The van der Waals surface area contributed by atoms with Crippen molar-refractivity contribution in [2.45, 2.75) is 25.6 Å². The zero-order valence-electron chi connectivity index (χ0n) is 17.2. The van der Waals surface area contributed by atoms with Gasteiger partial charge < -0.3 is 9.32 Å². The van der Waals surface area contributed by atoms with Gasteiger partial charge in [-0.2, -0.15) is 13.2 Å². The first-order valence-electron chi connectivity index (χ1n) is 10.3. The highest BCUT2D eigenvalue weighted by Crippen LogP contribution is 2.36. The van der Waals surface area contributed by atoms with Crippen LogP contribution in [0.15, 0.2) is 59.2 Å². The molecule has 0 atom stereocenters. The molecule has 0 fully saturated rings. The molecule has 0 N–H and O–H groups in total. The van der Waals surface area contributed by atoms with Gasteiger partial charge in [0.25, 0.3) is 17.7 Å². The molecule has 3 amide bonds. The fourth-order valence-electron chi connectivity index (χ4n) is 4.27. The molecule has 0 unspecified atom stereocenters. The van der Waals surface area contributed by atoms with Crippen LogP contribution >= 0.6 is 0 Å². The molecule has 168 valence electrons. The number of benzene rings is 2. The molecule has 0 saturated carbocycles. The van der Waals surface area contributed by atoms with Gasteiger partial charge in [0, 0.05) is 17.8 Å². The van der Waals surface area contributed by atoms with E-state index >= 15 is 0 Å². The van der Waals surface area contributed by atoms with Crippen molar-refractivity contribution in [1.29, 1.82) is 0 Å². The molecule has 0 radical (unpaired) electrons. The van der Waals surface area contributed by atoms with E-state index in [4.69, 9.17) is 4.42 Å². The van der Waals surface area contributed by atoms with E-state index in [2.05, 4.69) is 0 Å². The van der Waals surface area contributed by atoms with Crippen LogP contribution in [0.4, 0.5) is 18.9 Å². The number of aryl methyl sites for hydroxylation is 1. The summed E-state index contributed by atoms with van der Waals surface area (Å²) in [4.78, 5) is 41.2. The summed E-state index contributed by atoms with van der Waals surface area (Å²) in [5, 5.41) is 0. The van der Waals surface area contributed by atoms with E-state index in [1.165, 1.54) is 35.4 Å². The van der Waals surface area contributed by atoms with Crippen LogP contribution in [0, 0.1) is 0 Å². The van der Waals surface area contributed by atoms with E-state index < -0.39 is 29.5 Å². The molecule has 1 aromatic heterocycles. The Morgan fingerprint density at radius 1 is 1.00 bits per heavy atom. The minimum atomic E-state index is -4.46. The summed E-state index contributed by atoms with van der Waals surface area (Å²) in [6.07, 6.45) is -2.07. The number of furan rings is 1. The molecule has 5 rings (SSSR count). The number of amides is 3. The van der Waals surface area contributed by atoms with Gasteiger partial charge in [-0.25, -0.2) is 0 Å². The third-order valence-corrected chi connectivity index (χ3v) is 5.88. The molecule has 33 heavy (non-hydrogen) atoms. The number of hydrogen-bond donors (Lipinski definition) is 0. The SMILES string of the molecule is O=C1c2ccc(C(=O)N3CCCc4cc(C(F)(F)F)ccc43)cc2C(=O)N1Cc1ccco1. The zero-order chi connectivity index (χ0) is 23.3. The van der Waals surface area contributed by atoms with Gasteiger partial charge in [0.2, 0.25) is 0 Å². The Balaban J connectivity index is 1.44. The molecule has 3 aromatic rings. The number of hydrogen-bond acceptors (Lipinski definition) is 4. The third-order valence-electron chi connectivity index (χ3n) is 5.88. The quantitative estimate of drug-likeness (QED) is 0.539. The van der Waals surface area contributed by atoms with E-state index in [0.29, 0.717) is 36.4 Å². The molecular formula is C24H17F3N2O4. The molecule has 2 aliphatic rings. The maximum absolute atomic E-state index is 13.2. The predicted octanol–water partition coefficient (Wildman–Crippen LogP) is 4.69. The lowest BCUT2D eigenvalue weighted by atomic mass is 9.97. The van der Waals surface area contributed by atoms with Gasteiger partial charge in [-0.3, -0.25) is 19.3 Å². The monoisotopic (exact) mass is 454 g/mol. The number of halogens is 3. The lowest BCUT2D eigenvalue weighted by Gasteiger charge is -2.30. The highest BCUT2D eigenvalue weighted by atomic mass is 19.4. The Morgan fingerprint density at radius 2 is 1.79 bits per heavy atom. The first-order valence-corrected chi connectivity index (χ1v) is 10.3. The molecule has 0 bridgehead atoms. The number of fused-ring (bicyclic) bond motifs is 2. The Morgan fingerprint density at radius 3 is 2.52 bits per heavy atom. The molecule has 9 heteroatoms. The van der Waals surface area contributed by atoms with Gasteiger partial charge >= 0.3 is 6.18 Å². The van der Waals surface area contributed by atoms with Crippen LogP contribution in [0.5, 0.6) is 0 Å². The fourth-order valence-corrected chi connectivity index (χ4v) is 4.27. The van der Waals surface area contributed by atoms with Crippen molar-refractivity contribution in [3.63, 3.8) is 0 Å². The van der Waals surface area contributed by atoms with E-state index in [0.717, 1.165) is 17.0 Å². The van der Waals surface area contributed by atoms with Crippen molar-refractivity contribution in [2.24, 2.45) is 0 Å². The van der Waals surface area contributed by atoms with Crippen molar-refractivity contribution in [3.05, 3.63) is 88.4 Å². The van der Waals surface area contributed by atoms with Crippen molar-refractivity contribution in [1.82, 2.24) is 4.90 Å². The Hall–Kier alpha value is -3.88. The average Bonchev–Trinajstić information content (AvgIpc) is 3.40. The molecular weight excluding hydrogens is 437 g/mol. The minimum Gasteiger partial charge on any atom is -0.467 e. The Kier molecular flexibility index (Phi) is 4.84. The summed E-state index contributed by atoms with van der Waals surface area (Å²) >= 11 is 0. The third kappa shape index (κ3) is 3.59. The van der Waals surface area contributed by atoms with Crippen molar-refractivity contribution in [2.75, 3.05) is 11.4 Å². The van der Waals surface area contributed by atoms with Gasteiger partial charge in [-0.05, 0) is 66.9 Å². The Labute approximate surface area is 186 Å². The molecule has 3 heterocycles. The largest absolute Gasteiger partial charge is 0.467 e. The second kappa shape index (κ2) is 7.61. The Bertz CT molecular complexity index is 1280. The van der Waals surface area contributed by atoms with Crippen molar-refractivity contribution < 1.29 is 32.0 Å².